The van der Waals surface area contributed by atoms with Crippen LogP contribution in [0.4, 0.5) is 0 Å². The Morgan fingerprint density at radius 3 is 1.27 bits per heavy atom. The predicted molar refractivity (Wildman–Crippen MR) is 163 cm³/mol. The molecule has 6 aromatic carbocycles. The summed E-state index contributed by atoms with van der Waals surface area (Å²) in [5.74, 6) is 0. The van der Waals surface area contributed by atoms with Crippen LogP contribution in [0.1, 0.15) is 0 Å². The van der Waals surface area contributed by atoms with E-state index in [-0.39, 0.29) is 0 Å². The first-order valence-corrected chi connectivity index (χ1v) is 14.9. The zero-order valence-electron chi connectivity index (χ0n) is 21.6. The summed E-state index contributed by atoms with van der Waals surface area (Å²) in [6.45, 7) is 0. The SMILES string of the molecule is O=S1(=O)c2cc(-c3ccc4oc5ccccc5c4c3)ccc2-c2ccc(-c3ccc4oc5ccccc5c4c3)cc21. The van der Waals surface area contributed by atoms with E-state index in [4.69, 9.17) is 8.83 Å². The summed E-state index contributed by atoms with van der Waals surface area (Å²) in [6, 6.07) is 39.4. The Labute approximate surface area is 235 Å². The lowest BCUT2D eigenvalue weighted by Crippen LogP contribution is -1.97. The van der Waals surface area contributed by atoms with E-state index in [2.05, 4.69) is 12.1 Å². The molecule has 0 radical (unpaired) electrons. The van der Waals surface area contributed by atoms with Crippen LogP contribution in [0.25, 0.3) is 77.3 Å². The average molecular weight is 549 g/mol. The number of fused-ring (bicyclic) bond motifs is 9. The van der Waals surface area contributed by atoms with Crippen LogP contribution in [-0.4, -0.2) is 8.42 Å². The Bertz CT molecular complexity index is 2330. The summed E-state index contributed by atoms with van der Waals surface area (Å²) < 4.78 is 39.8. The molecule has 0 aliphatic carbocycles. The minimum absolute atomic E-state index is 0.343. The van der Waals surface area contributed by atoms with Gasteiger partial charge in [0.2, 0.25) is 9.84 Å². The van der Waals surface area contributed by atoms with Gasteiger partial charge >= 0.3 is 0 Å². The van der Waals surface area contributed by atoms with Crippen molar-refractivity contribution in [3.8, 4) is 33.4 Å². The van der Waals surface area contributed by atoms with E-state index in [0.717, 1.165) is 77.3 Å². The highest BCUT2D eigenvalue weighted by molar-refractivity contribution is 7.92. The highest BCUT2D eigenvalue weighted by atomic mass is 32.2. The molecule has 0 bridgehead atoms. The van der Waals surface area contributed by atoms with E-state index in [1.165, 1.54) is 0 Å². The van der Waals surface area contributed by atoms with Gasteiger partial charge in [0.05, 0.1) is 9.79 Å². The van der Waals surface area contributed by atoms with Crippen molar-refractivity contribution in [2.24, 2.45) is 0 Å². The van der Waals surface area contributed by atoms with Gasteiger partial charge in [-0.3, -0.25) is 0 Å². The van der Waals surface area contributed by atoms with Gasteiger partial charge in [-0.2, -0.15) is 0 Å². The van der Waals surface area contributed by atoms with Crippen LogP contribution >= 0.6 is 0 Å². The van der Waals surface area contributed by atoms with Crippen molar-refractivity contribution in [3.05, 3.63) is 121 Å². The van der Waals surface area contributed by atoms with Gasteiger partial charge in [-0.1, -0.05) is 72.8 Å². The number of benzene rings is 6. The van der Waals surface area contributed by atoms with Crippen LogP contribution in [0.15, 0.2) is 140 Å². The molecule has 0 N–H and O–H groups in total. The van der Waals surface area contributed by atoms with Crippen LogP contribution in [0, 0.1) is 0 Å². The van der Waals surface area contributed by atoms with Crippen molar-refractivity contribution in [2.75, 3.05) is 0 Å². The molecule has 1 aliphatic heterocycles. The maximum absolute atomic E-state index is 13.9. The fraction of sp³-hybridized carbons (Fsp3) is 0. The molecule has 4 nitrogen and oxygen atoms in total. The summed E-state index contributed by atoms with van der Waals surface area (Å²) in [5.41, 5.74) is 8.36. The standard InChI is InChI=1S/C36H20O4S/c37-41(38)35-19-23(21-11-15-33-29(17-21)25-5-1-3-7-31(25)39-33)9-13-27(35)28-14-10-24(20-36(28)41)22-12-16-34-30(18-22)26-6-2-4-8-32(26)40-34/h1-20H. The molecule has 0 atom stereocenters. The highest BCUT2D eigenvalue weighted by Crippen LogP contribution is 2.46. The van der Waals surface area contributed by atoms with E-state index in [9.17, 15) is 8.42 Å². The number of hydrogen-bond acceptors (Lipinski definition) is 4. The summed E-state index contributed by atoms with van der Waals surface area (Å²) >= 11 is 0. The van der Waals surface area contributed by atoms with Crippen molar-refractivity contribution in [1.29, 1.82) is 0 Å². The average Bonchev–Trinajstić information content (AvgIpc) is 3.64. The van der Waals surface area contributed by atoms with Gasteiger partial charge in [-0.15, -0.1) is 0 Å². The molecule has 0 amide bonds. The van der Waals surface area contributed by atoms with E-state index in [1.54, 1.807) is 12.1 Å². The maximum Gasteiger partial charge on any atom is 0.207 e. The Balaban J connectivity index is 1.15. The summed E-state index contributed by atoms with van der Waals surface area (Å²) in [7, 11) is -3.70. The minimum Gasteiger partial charge on any atom is -0.456 e. The molecule has 0 saturated carbocycles. The zero-order valence-corrected chi connectivity index (χ0v) is 22.4. The minimum atomic E-state index is -3.70. The number of sulfone groups is 1. The van der Waals surface area contributed by atoms with E-state index >= 15 is 0 Å². The molecule has 0 spiro atoms. The fourth-order valence-electron chi connectivity index (χ4n) is 6.22. The quantitative estimate of drug-likeness (QED) is 0.216. The molecular formula is C36H20O4S. The first kappa shape index (κ1) is 22.7. The molecular weight excluding hydrogens is 528 g/mol. The van der Waals surface area contributed by atoms with Crippen molar-refractivity contribution in [3.63, 3.8) is 0 Å². The van der Waals surface area contributed by atoms with Crippen LogP contribution in [0.3, 0.4) is 0 Å². The van der Waals surface area contributed by atoms with Crippen molar-refractivity contribution in [1.82, 2.24) is 0 Å². The molecule has 194 valence electrons. The third-order valence-corrected chi connectivity index (χ3v) is 10.1. The Kier molecular flexibility index (Phi) is 4.40. The first-order valence-electron chi connectivity index (χ1n) is 13.4. The van der Waals surface area contributed by atoms with E-state index in [1.807, 2.05) is 97.1 Å². The smallest absolute Gasteiger partial charge is 0.207 e. The van der Waals surface area contributed by atoms with Gasteiger partial charge in [0.25, 0.3) is 0 Å². The second-order valence-electron chi connectivity index (χ2n) is 10.5. The summed E-state index contributed by atoms with van der Waals surface area (Å²) in [4.78, 5) is 0.686. The summed E-state index contributed by atoms with van der Waals surface area (Å²) in [5, 5.41) is 4.10. The molecule has 2 aromatic heterocycles. The van der Waals surface area contributed by atoms with Crippen molar-refractivity contribution >= 4 is 53.7 Å². The van der Waals surface area contributed by atoms with Gasteiger partial charge in [0, 0.05) is 32.7 Å². The largest absolute Gasteiger partial charge is 0.456 e. The third kappa shape index (κ3) is 3.18. The lowest BCUT2D eigenvalue weighted by Gasteiger charge is -2.06. The monoisotopic (exact) mass is 548 g/mol. The number of para-hydroxylation sites is 2. The van der Waals surface area contributed by atoms with Crippen LogP contribution < -0.4 is 0 Å². The van der Waals surface area contributed by atoms with Crippen molar-refractivity contribution < 1.29 is 17.3 Å². The van der Waals surface area contributed by atoms with Gasteiger partial charge in [-0.25, -0.2) is 8.42 Å². The molecule has 5 heteroatoms. The van der Waals surface area contributed by atoms with Gasteiger partial charge in [-0.05, 0) is 70.8 Å². The summed E-state index contributed by atoms with van der Waals surface area (Å²) in [6.07, 6.45) is 0. The Morgan fingerprint density at radius 1 is 0.390 bits per heavy atom. The maximum atomic E-state index is 13.9. The topological polar surface area (TPSA) is 60.4 Å². The normalized spacial score (nSPS) is 13.8. The molecule has 1 aliphatic rings. The van der Waals surface area contributed by atoms with Gasteiger partial charge < -0.3 is 8.83 Å². The second kappa shape index (κ2) is 7.96. The fourth-order valence-corrected chi connectivity index (χ4v) is 7.96. The van der Waals surface area contributed by atoms with Crippen LogP contribution in [-0.2, 0) is 9.84 Å². The number of rotatable bonds is 2. The lowest BCUT2D eigenvalue weighted by molar-refractivity contribution is 0.598. The second-order valence-corrected chi connectivity index (χ2v) is 12.4. The molecule has 0 unspecified atom stereocenters. The van der Waals surface area contributed by atoms with E-state index < -0.39 is 9.84 Å². The molecule has 41 heavy (non-hydrogen) atoms. The van der Waals surface area contributed by atoms with Crippen LogP contribution in [0.2, 0.25) is 0 Å². The Morgan fingerprint density at radius 2 is 0.780 bits per heavy atom. The van der Waals surface area contributed by atoms with Gasteiger partial charge in [0.15, 0.2) is 0 Å². The molecule has 8 aromatic rings. The van der Waals surface area contributed by atoms with E-state index in [0.29, 0.717) is 9.79 Å². The predicted octanol–water partition coefficient (Wildman–Crippen LogP) is 9.63. The lowest BCUT2D eigenvalue weighted by atomic mass is 9.97. The molecule has 0 fully saturated rings. The molecule has 9 rings (SSSR count). The third-order valence-electron chi connectivity index (χ3n) is 8.25. The highest BCUT2D eigenvalue weighted by Gasteiger charge is 2.33. The van der Waals surface area contributed by atoms with Gasteiger partial charge in [0.1, 0.15) is 22.3 Å². The van der Waals surface area contributed by atoms with Crippen LogP contribution in [0.5, 0.6) is 0 Å². The molecule has 0 saturated heterocycles. The molecule has 3 heterocycles. The van der Waals surface area contributed by atoms with Crippen molar-refractivity contribution in [2.45, 2.75) is 9.79 Å². The number of furan rings is 2. The Hall–Kier alpha value is -5.13. The zero-order chi connectivity index (χ0) is 27.3. The number of hydrogen-bond donors (Lipinski definition) is 0. The first-order chi connectivity index (χ1) is 20.0.